The van der Waals surface area contributed by atoms with Crippen LogP contribution in [0.1, 0.15) is 58.2 Å². The molecule has 0 aromatic heterocycles. The lowest BCUT2D eigenvalue weighted by atomic mass is 9.85. The van der Waals surface area contributed by atoms with Crippen molar-refractivity contribution >= 4 is 0 Å². The Morgan fingerprint density at radius 3 is 1.76 bits per heavy atom. The minimum Gasteiger partial charge on any atom is -0.493 e. The number of aryl methyl sites for hydroxylation is 2. The van der Waals surface area contributed by atoms with Crippen LogP contribution in [0.4, 0.5) is 0 Å². The molecule has 1 heteroatoms. The highest BCUT2D eigenvalue weighted by atomic mass is 16.5. The van der Waals surface area contributed by atoms with Crippen LogP contribution in [-0.2, 0) is 6.42 Å². The van der Waals surface area contributed by atoms with Crippen LogP contribution >= 0.6 is 0 Å². The molecule has 136 valence electrons. The first-order chi connectivity index (χ1) is 11.4. The summed E-state index contributed by atoms with van der Waals surface area (Å²) in [6.07, 6.45) is 1.11. The molecule has 2 aromatic carbocycles. The van der Waals surface area contributed by atoms with Crippen LogP contribution in [0.25, 0.3) is 11.1 Å². The van der Waals surface area contributed by atoms with Gasteiger partial charge in [0.05, 0.1) is 6.61 Å². The van der Waals surface area contributed by atoms with Crippen molar-refractivity contribution in [2.45, 2.75) is 61.8 Å². The van der Waals surface area contributed by atoms with E-state index in [9.17, 15) is 0 Å². The number of hydrogen-bond donors (Lipinski definition) is 0. The molecular formula is C24H34O. The first-order valence-corrected chi connectivity index (χ1v) is 9.28. The lowest BCUT2D eigenvalue weighted by Gasteiger charge is -2.21. The van der Waals surface area contributed by atoms with Gasteiger partial charge in [-0.1, -0.05) is 65.8 Å². The quantitative estimate of drug-likeness (QED) is 0.584. The molecule has 0 aliphatic carbocycles. The van der Waals surface area contributed by atoms with Crippen LogP contribution < -0.4 is 4.74 Å². The molecule has 0 unspecified atom stereocenters. The fraction of sp³-hybridized carbons (Fsp3) is 0.500. The van der Waals surface area contributed by atoms with Crippen LogP contribution in [0.2, 0.25) is 0 Å². The average molecular weight is 339 g/mol. The lowest BCUT2D eigenvalue weighted by molar-refractivity contribution is 0.197. The zero-order valence-electron chi connectivity index (χ0n) is 17.3. The van der Waals surface area contributed by atoms with Crippen LogP contribution in [0, 0.1) is 24.7 Å². The molecule has 0 aliphatic rings. The topological polar surface area (TPSA) is 9.23 Å². The van der Waals surface area contributed by atoms with Gasteiger partial charge in [0.25, 0.3) is 0 Å². The van der Waals surface area contributed by atoms with E-state index in [-0.39, 0.29) is 5.41 Å². The number of benzene rings is 2. The third kappa shape index (κ3) is 5.92. The molecule has 1 nitrogen and oxygen atoms in total. The average Bonchev–Trinajstić information content (AvgIpc) is 2.46. The van der Waals surface area contributed by atoms with E-state index < -0.39 is 0 Å². The standard InChI is InChI=1S/C24H34O/c1-17-13-19(9-10-21(17)15-23(3,4)5)20-11-12-22(18(2)14-20)25-16-24(6,7)8/h9-14H,15-16H2,1-8H3. The molecule has 0 amide bonds. The van der Waals surface area contributed by atoms with Gasteiger partial charge in [-0.25, -0.2) is 0 Å². The monoisotopic (exact) mass is 338 g/mol. The summed E-state index contributed by atoms with van der Waals surface area (Å²) in [5.74, 6) is 0.986. The molecule has 0 spiro atoms. The highest BCUT2D eigenvalue weighted by Gasteiger charge is 2.14. The van der Waals surface area contributed by atoms with Gasteiger partial charge in [0.2, 0.25) is 0 Å². The van der Waals surface area contributed by atoms with Crippen molar-refractivity contribution in [2.24, 2.45) is 10.8 Å². The first kappa shape index (κ1) is 19.6. The number of rotatable bonds is 4. The van der Waals surface area contributed by atoms with Crippen molar-refractivity contribution in [3.05, 3.63) is 53.1 Å². The van der Waals surface area contributed by atoms with Gasteiger partial charge in [-0.05, 0) is 71.0 Å². The fourth-order valence-corrected chi connectivity index (χ4v) is 2.93. The van der Waals surface area contributed by atoms with E-state index in [0.29, 0.717) is 5.41 Å². The van der Waals surface area contributed by atoms with E-state index in [2.05, 4.69) is 91.8 Å². The highest BCUT2D eigenvalue weighted by Crippen LogP contribution is 2.30. The number of ether oxygens (including phenoxy) is 1. The molecule has 25 heavy (non-hydrogen) atoms. The number of hydrogen-bond acceptors (Lipinski definition) is 1. The largest absolute Gasteiger partial charge is 0.493 e. The SMILES string of the molecule is Cc1cc(-c2ccc(OCC(C)(C)C)c(C)c2)ccc1CC(C)(C)C. The molecule has 0 saturated heterocycles. The lowest BCUT2D eigenvalue weighted by Crippen LogP contribution is -2.17. The molecular weight excluding hydrogens is 304 g/mol. The summed E-state index contributed by atoms with van der Waals surface area (Å²) in [4.78, 5) is 0. The van der Waals surface area contributed by atoms with Crippen molar-refractivity contribution in [3.8, 4) is 16.9 Å². The molecule has 0 aliphatic heterocycles. The van der Waals surface area contributed by atoms with Crippen molar-refractivity contribution in [3.63, 3.8) is 0 Å². The Balaban J connectivity index is 2.22. The van der Waals surface area contributed by atoms with Gasteiger partial charge in [-0.3, -0.25) is 0 Å². The third-order valence-electron chi connectivity index (χ3n) is 4.23. The van der Waals surface area contributed by atoms with Crippen molar-refractivity contribution in [1.82, 2.24) is 0 Å². The summed E-state index contributed by atoms with van der Waals surface area (Å²) in [5.41, 5.74) is 7.03. The molecule has 0 bridgehead atoms. The maximum atomic E-state index is 5.99. The Morgan fingerprint density at radius 2 is 1.28 bits per heavy atom. The molecule has 0 fully saturated rings. The normalized spacial score (nSPS) is 12.3. The molecule has 0 N–H and O–H groups in total. The second kappa shape index (κ2) is 7.23. The summed E-state index contributed by atoms with van der Waals surface area (Å²) in [6.45, 7) is 18.5. The smallest absolute Gasteiger partial charge is 0.122 e. The first-order valence-electron chi connectivity index (χ1n) is 9.28. The minimum atomic E-state index is 0.172. The Morgan fingerprint density at radius 1 is 0.720 bits per heavy atom. The Bertz CT molecular complexity index is 727. The van der Waals surface area contributed by atoms with Crippen LogP contribution in [0.15, 0.2) is 36.4 Å². The summed E-state index contributed by atoms with van der Waals surface area (Å²) >= 11 is 0. The molecule has 0 heterocycles. The van der Waals surface area contributed by atoms with Gasteiger partial charge >= 0.3 is 0 Å². The van der Waals surface area contributed by atoms with E-state index in [0.717, 1.165) is 18.8 Å². The maximum Gasteiger partial charge on any atom is 0.122 e. The van der Waals surface area contributed by atoms with E-state index in [1.165, 1.54) is 27.8 Å². The molecule has 0 atom stereocenters. The predicted octanol–water partition coefficient (Wildman–Crippen LogP) is 6.98. The van der Waals surface area contributed by atoms with Gasteiger partial charge in [-0.15, -0.1) is 0 Å². The summed E-state index contributed by atoms with van der Waals surface area (Å²) in [5, 5.41) is 0. The van der Waals surface area contributed by atoms with Crippen molar-refractivity contribution in [2.75, 3.05) is 6.61 Å². The van der Waals surface area contributed by atoms with Gasteiger partial charge < -0.3 is 4.74 Å². The molecule has 0 saturated carbocycles. The van der Waals surface area contributed by atoms with Crippen LogP contribution in [0.3, 0.4) is 0 Å². The molecule has 0 radical (unpaired) electrons. The van der Waals surface area contributed by atoms with Gasteiger partial charge in [0, 0.05) is 0 Å². The van der Waals surface area contributed by atoms with E-state index in [4.69, 9.17) is 4.74 Å². The zero-order chi connectivity index (χ0) is 18.8. The fourth-order valence-electron chi connectivity index (χ4n) is 2.93. The minimum absolute atomic E-state index is 0.172. The Kier molecular flexibility index (Phi) is 5.66. The summed E-state index contributed by atoms with van der Waals surface area (Å²) in [7, 11) is 0. The second-order valence-corrected chi connectivity index (χ2v) is 9.71. The molecule has 2 aromatic rings. The maximum absolute atomic E-state index is 5.99. The predicted molar refractivity (Wildman–Crippen MR) is 109 cm³/mol. The van der Waals surface area contributed by atoms with Gasteiger partial charge in [0.1, 0.15) is 5.75 Å². The zero-order valence-corrected chi connectivity index (χ0v) is 17.3. The van der Waals surface area contributed by atoms with E-state index in [1.54, 1.807) is 0 Å². The molecule has 2 rings (SSSR count). The van der Waals surface area contributed by atoms with Gasteiger partial charge in [0.15, 0.2) is 0 Å². The Labute approximate surface area is 154 Å². The summed E-state index contributed by atoms with van der Waals surface area (Å²) in [6, 6.07) is 13.4. The van der Waals surface area contributed by atoms with E-state index >= 15 is 0 Å². The van der Waals surface area contributed by atoms with Gasteiger partial charge in [-0.2, -0.15) is 0 Å². The third-order valence-corrected chi connectivity index (χ3v) is 4.23. The second-order valence-electron chi connectivity index (χ2n) is 9.71. The van der Waals surface area contributed by atoms with Crippen molar-refractivity contribution in [1.29, 1.82) is 0 Å². The van der Waals surface area contributed by atoms with Crippen molar-refractivity contribution < 1.29 is 4.74 Å². The summed E-state index contributed by atoms with van der Waals surface area (Å²) < 4.78 is 5.99. The van der Waals surface area contributed by atoms with Crippen LogP contribution in [-0.4, -0.2) is 6.61 Å². The highest BCUT2D eigenvalue weighted by molar-refractivity contribution is 5.67. The van der Waals surface area contributed by atoms with Crippen LogP contribution in [0.5, 0.6) is 5.75 Å². The Hall–Kier alpha value is -1.76. The van der Waals surface area contributed by atoms with E-state index in [1.807, 2.05) is 0 Å².